The highest BCUT2D eigenvalue weighted by Gasteiger charge is 2.28. The molecule has 0 spiro atoms. The van der Waals surface area contributed by atoms with Gasteiger partial charge in [0.1, 0.15) is 0 Å². The number of para-hydroxylation sites is 1. The van der Waals surface area contributed by atoms with Crippen molar-refractivity contribution in [1.82, 2.24) is 15.2 Å². The van der Waals surface area contributed by atoms with Crippen LogP contribution in [0.3, 0.4) is 0 Å². The maximum atomic E-state index is 12.9. The van der Waals surface area contributed by atoms with Gasteiger partial charge in [0.05, 0.1) is 5.56 Å². The minimum absolute atomic E-state index is 0.0415. The molecule has 2 N–H and O–H groups in total. The molecule has 1 aliphatic rings. The molecule has 2 heterocycles. The first-order valence-corrected chi connectivity index (χ1v) is 9.28. The van der Waals surface area contributed by atoms with Gasteiger partial charge in [0.15, 0.2) is 0 Å². The Kier molecular flexibility index (Phi) is 6.24. The molecule has 27 heavy (non-hydrogen) atoms. The quantitative estimate of drug-likeness (QED) is 0.754. The van der Waals surface area contributed by atoms with Crippen molar-refractivity contribution < 1.29 is 14.3 Å². The van der Waals surface area contributed by atoms with Crippen molar-refractivity contribution in [2.45, 2.75) is 19.3 Å². The number of hydrogen-bond donors (Lipinski definition) is 2. The lowest BCUT2D eigenvalue weighted by atomic mass is 9.95. The van der Waals surface area contributed by atoms with Gasteiger partial charge in [-0.15, -0.1) is 0 Å². The number of aromatic amines is 1. The van der Waals surface area contributed by atoms with Crippen LogP contribution in [0.2, 0.25) is 0 Å². The van der Waals surface area contributed by atoms with Crippen molar-refractivity contribution >= 4 is 22.7 Å². The van der Waals surface area contributed by atoms with E-state index in [4.69, 9.17) is 4.74 Å². The Balaban J connectivity index is 1.62. The van der Waals surface area contributed by atoms with E-state index in [9.17, 15) is 14.4 Å². The summed E-state index contributed by atoms with van der Waals surface area (Å²) in [5, 5.41) is 3.66. The van der Waals surface area contributed by atoms with Gasteiger partial charge < -0.3 is 19.9 Å². The number of aromatic nitrogens is 1. The molecule has 2 amide bonds. The third-order valence-electron chi connectivity index (χ3n) is 4.96. The number of carbonyl (C=O) groups excluding carboxylic acids is 2. The number of H-pyrrole nitrogens is 1. The highest BCUT2D eigenvalue weighted by molar-refractivity contribution is 6.06. The molecule has 0 saturated carbocycles. The monoisotopic (exact) mass is 371 g/mol. The second-order valence-electron chi connectivity index (χ2n) is 6.80. The van der Waals surface area contributed by atoms with Gasteiger partial charge in [0, 0.05) is 56.2 Å². The topological polar surface area (TPSA) is 91.5 Å². The SMILES string of the molecule is COCCCNC(=O)C1CCN(C(=O)c2cc(=O)[nH]c3ccccc23)CC1. The van der Waals surface area contributed by atoms with Crippen LogP contribution in [-0.2, 0) is 9.53 Å². The summed E-state index contributed by atoms with van der Waals surface area (Å²) < 4.78 is 4.97. The molecular weight excluding hydrogens is 346 g/mol. The summed E-state index contributed by atoms with van der Waals surface area (Å²) in [7, 11) is 1.64. The summed E-state index contributed by atoms with van der Waals surface area (Å²) in [6.45, 7) is 2.24. The number of fused-ring (bicyclic) bond motifs is 1. The van der Waals surface area contributed by atoms with Gasteiger partial charge in [0.2, 0.25) is 11.5 Å². The van der Waals surface area contributed by atoms with Crippen LogP contribution >= 0.6 is 0 Å². The highest BCUT2D eigenvalue weighted by Crippen LogP contribution is 2.22. The van der Waals surface area contributed by atoms with E-state index in [0.717, 1.165) is 11.8 Å². The number of methoxy groups -OCH3 is 1. The molecule has 0 bridgehead atoms. The maximum absolute atomic E-state index is 12.9. The number of carbonyl (C=O) groups is 2. The van der Waals surface area contributed by atoms with Crippen LogP contribution in [0.1, 0.15) is 29.6 Å². The number of pyridine rings is 1. The zero-order valence-corrected chi connectivity index (χ0v) is 15.5. The maximum Gasteiger partial charge on any atom is 0.254 e. The average Bonchev–Trinajstić information content (AvgIpc) is 2.70. The number of benzene rings is 1. The van der Waals surface area contributed by atoms with Gasteiger partial charge >= 0.3 is 0 Å². The summed E-state index contributed by atoms with van der Waals surface area (Å²) in [6.07, 6.45) is 2.04. The third kappa shape index (κ3) is 4.54. The second-order valence-corrected chi connectivity index (χ2v) is 6.80. The van der Waals surface area contributed by atoms with Crippen LogP contribution in [0, 0.1) is 5.92 Å². The van der Waals surface area contributed by atoms with Crippen molar-refractivity contribution in [2.75, 3.05) is 33.4 Å². The Labute approximate surface area is 157 Å². The number of rotatable bonds is 6. The first-order valence-electron chi connectivity index (χ1n) is 9.28. The Hall–Kier alpha value is -2.67. The number of hydrogen-bond acceptors (Lipinski definition) is 4. The fourth-order valence-corrected chi connectivity index (χ4v) is 3.47. The Morgan fingerprint density at radius 3 is 2.74 bits per heavy atom. The molecule has 1 aromatic heterocycles. The Morgan fingerprint density at radius 1 is 1.26 bits per heavy atom. The molecule has 1 aliphatic heterocycles. The smallest absolute Gasteiger partial charge is 0.254 e. The molecule has 1 saturated heterocycles. The van der Waals surface area contributed by atoms with Gasteiger partial charge in [-0.1, -0.05) is 18.2 Å². The molecule has 0 radical (unpaired) electrons. The number of nitrogens with zero attached hydrogens (tertiary/aromatic N) is 1. The van der Waals surface area contributed by atoms with E-state index in [1.165, 1.54) is 6.07 Å². The van der Waals surface area contributed by atoms with Gasteiger partial charge in [0.25, 0.3) is 5.91 Å². The van der Waals surface area contributed by atoms with E-state index < -0.39 is 0 Å². The standard InChI is InChI=1S/C20H25N3O4/c1-27-12-4-9-21-19(25)14-7-10-23(11-8-14)20(26)16-13-18(24)22-17-6-3-2-5-15(16)17/h2-3,5-6,13-14H,4,7-12H2,1H3,(H,21,25)(H,22,24). The number of ether oxygens (including phenoxy) is 1. The van der Waals surface area contributed by atoms with Crippen molar-refractivity contribution in [3.05, 3.63) is 46.2 Å². The van der Waals surface area contributed by atoms with Crippen LogP contribution in [-0.4, -0.2) is 55.0 Å². The number of likely N-dealkylation sites (tertiary alicyclic amines) is 1. The van der Waals surface area contributed by atoms with Crippen LogP contribution in [0.4, 0.5) is 0 Å². The third-order valence-corrected chi connectivity index (χ3v) is 4.96. The van der Waals surface area contributed by atoms with Gasteiger partial charge in [-0.3, -0.25) is 14.4 Å². The minimum atomic E-state index is -0.289. The lowest BCUT2D eigenvalue weighted by Crippen LogP contribution is -2.43. The minimum Gasteiger partial charge on any atom is -0.385 e. The van der Waals surface area contributed by atoms with Gasteiger partial charge in [-0.2, -0.15) is 0 Å². The first-order chi connectivity index (χ1) is 13.1. The fraction of sp³-hybridized carbons (Fsp3) is 0.450. The predicted octanol–water partition coefficient (Wildman–Crippen LogP) is 1.53. The van der Waals surface area contributed by atoms with E-state index in [-0.39, 0.29) is 23.3 Å². The van der Waals surface area contributed by atoms with Crippen molar-refractivity contribution in [1.29, 1.82) is 0 Å². The molecule has 7 nitrogen and oxygen atoms in total. The van der Waals surface area contributed by atoms with Crippen LogP contribution in [0.5, 0.6) is 0 Å². The molecule has 1 aromatic carbocycles. The summed E-state index contributed by atoms with van der Waals surface area (Å²) in [6, 6.07) is 8.65. The number of piperidine rings is 1. The normalized spacial score (nSPS) is 15.1. The second kappa shape index (κ2) is 8.81. The van der Waals surface area contributed by atoms with Crippen LogP contribution in [0.25, 0.3) is 10.9 Å². The molecule has 0 unspecified atom stereocenters. The van der Waals surface area contributed by atoms with Crippen LogP contribution in [0.15, 0.2) is 35.1 Å². The Bertz CT molecular complexity index is 869. The summed E-state index contributed by atoms with van der Waals surface area (Å²) in [4.78, 5) is 41.5. The largest absolute Gasteiger partial charge is 0.385 e. The molecule has 7 heteroatoms. The summed E-state index contributed by atoms with van der Waals surface area (Å²) in [5.41, 5.74) is 0.776. The van der Waals surface area contributed by atoms with Crippen molar-refractivity contribution in [2.24, 2.45) is 5.92 Å². The molecule has 3 rings (SSSR count). The van der Waals surface area contributed by atoms with E-state index in [1.807, 2.05) is 18.2 Å². The molecule has 0 atom stereocenters. The Morgan fingerprint density at radius 2 is 2.00 bits per heavy atom. The van der Waals surface area contributed by atoms with Crippen molar-refractivity contribution in [3.63, 3.8) is 0 Å². The first kappa shape index (κ1) is 19.1. The lowest BCUT2D eigenvalue weighted by molar-refractivity contribution is -0.126. The highest BCUT2D eigenvalue weighted by atomic mass is 16.5. The zero-order valence-electron chi connectivity index (χ0n) is 15.5. The van der Waals surface area contributed by atoms with Gasteiger partial charge in [-0.25, -0.2) is 0 Å². The van der Waals surface area contributed by atoms with Gasteiger partial charge in [-0.05, 0) is 25.3 Å². The van der Waals surface area contributed by atoms with Crippen LogP contribution < -0.4 is 10.9 Å². The lowest BCUT2D eigenvalue weighted by Gasteiger charge is -2.31. The molecule has 1 fully saturated rings. The summed E-state index contributed by atoms with van der Waals surface area (Å²) in [5.74, 6) is -0.191. The molecule has 2 aromatic rings. The van der Waals surface area contributed by atoms with E-state index >= 15 is 0 Å². The number of amides is 2. The molecular formula is C20H25N3O4. The average molecular weight is 371 g/mol. The molecule has 0 aliphatic carbocycles. The fourth-order valence-electron chi connectivity index (χ4n) is 3.47. The summed E-state index contributed by atoms with van der Waals surface area (Å²) >= 11 is 0. The van der Waals surface area contributed by atoms with E-state index in [0.29, 0.717) is 50.2 Å². The molecule has 144 valence electrons. The zero-order chi connectivity index (χ0) is 19.2. The van der Waals surface area contributed by atoms with E-state index in [1.54, 1.807) is 18.1 Å². The predicted molar refractivity (Wildman–Crippen MR) is 103 cm³/mol. The van der Waals surface area contributed by atoms with E-state index in [2.05, 4.69) is 10.3 Å². The van der Waals surface area contributed by atoms with Crippen molar-refractivity contribution in [3.8, 4) is 0 Å². The number of nitrogens with one attached hydrogen (secondary N) is 2.